The summed E-state index contributed by atoms with van der Waals surface area (Å²) in [6.45, 7) is 0.609. The van der Waals surface area contributed by atoms with Crippen LogP contribution < -0.4 is 10.5 Å². The molecule has 0 aromatic heterocycles. The maximum atomic E-state index is 10.5. The minimum absolute atomic E-state index is 0.137. The first kappa shape index (κ1) is 13.6. The van der Waals surface area contributed by atoms with Crippen molar-refractivity contribution in [2.75, 3.05) is 6.54 Å². The van der Waals surface area contributed by atoms with Gasteiger partial charge in [-0.15, -0.1) is 0 Å². The second-order valence-corrected chi connectivity index (χ2v) is 5.52. The molecule has 1 aromatic carbocycles. The van der Waals surface area contributed by atoms with E-state index in [0.717, 1.165) is 12.0 Å². The largest absolute Gasteiger partial charge is 0.457 e. The van der Waals surface area contributed by atoms with Gasteiger partial charge in [-0.2, -0.15) is 0 Å². The fraction of sp³-hybridized carbons (Fsp3) is 0.286. The minimum atomic E-state index is -1.29. The van der Waals surface area contributed by atoms with Crippen LogP contribution in [0.5, 0.6) is 5.75 Å². The van der Waals surface area contributed by atoms with Gasteiger partial charge in [0.1, 0.15) is 5.75 Å². The number of nitrogens with two attached hydrogens (primary N) is 1. The van der Waals surface area contributed by atoms with Crippen molar-refractivity contribution in [3.05, 3.63) is 54.1 Å². The third-order valence-electron chi connectivity index (χ3n) is 2.75. The van der Waals surface area contributed by atoms with E-state index in [1.807, 2.05) is 42.5 Å². The number of ether oxygens (including phenoxy) is 1. The number of halogens is 1. The van der Waals surface area contributed by atoms with E-state index in [1.54, 1.807) is 6.08 Å². The first-order valence-corrected chi connectivity index (χ1v) is 7.09. The molecule has 2 rings (SSSR count). The lowest BCUT2D eigenvalue weighted by Crippen LogP contribution is -2.43. The van der Waals surface area contributed by atoms with E-state index in [-0.39, 0.29) is 3.92 Å². The monoisotopic (exact) mass is 357 g/mol. The highest BCUT2D eigenvalue weighted by Gasteiger charge is 2.36. The zero-order chi connectivity index (χ0) is 13.0. The van der Waals surface area contributed by atoms with Crippen LogP contribution in [0.4, 0.5) is 0 Å². The summed E-state index contributed by atoms with van der Waals surface area (Å²) in [6, 6.07) is 9.32. The van der Waals surface area contributed by atoms with Gasteiger partial charge in [0.15, 0.2) is 0 Å². The maximum absolute atomic E-state index is 10.5. The Kier molecular flexibility index (Phi) is 4.42. The van der Waals surface area contributed by atoms with Crippen LogP contribution in [0.1, 0.15) is 6.42 Å². The van der Waals surface area contributed by atoms with E-state index in [0.29, 0.717) is 12.3 Å². The molecule has 0 radical (unpaired) electrons. The number of rotatable bonds is 4. The van der Waals surface area contributed by atoms with Gasteiger partial charge in [-0.1, -0.05) is 52.9 Å². The smallest absolute Gasteiger partial charge is 0.243 e. The van der Waals surface area contributed by atoms with Crippen molar-refractivity contribution in [1.82, 2.24) is 0 Å². The van der Waals surface area contributed by atoms with Gasteiger partial charge in [0.25, 0.3) is 0 Å². The highest BCUT2D eigenvalue weighted by Crippen LogP contribution is 2.31. The highest BCUT2D eigenvalue weighted by atomic mass is 127. The molecule has 0 bridgehead atoms. The SMILES string of the molecule is NCCC1=CC(I)C(O)(Oc2ccccc2)C=C1. The molecule has 0 spiro atoms. The van der Waals surface area contributed by atoms with E-state index in [1.165, 1.54) is 0 Å². The van der Waals surface area contributed by atoms with Crippen LogP contribution >= 0.6 is 22.6 Å². The van der Waals surface area contributed by atoms with Crippen LogP contribution in [-0.2, 0) is 0 Å². The Balaban J connectivity index is 2.12. The lowest BCUT2D eigenvalue weighted by molar-refractivity contribution is -0.0844. The van der Waals surface area contributed by atoms with Gasteiger partial charge in [0.2, 0.25) is 5.79 Å². The molecule has 96 valence electrons. The van der Waals surface area contributed by atoms with Crippen LogP contribution in [0.3, 0.4) is 0 Å². The van der Waals surface area contributed by atoms with Crippen LogP contribution in [0.15, 0.2) is 54.1 Å². The predicted molar refractivity (Wildman–Crippen MR) is 80.7 cm³/mol. The Morgan fingerprint density at radius 2 is 2.06 bits per heavy atom. The third kappa shape index (κ3) is 3.13. The zero-order valence-electron chi connectivity index (χ0n) is 9.92. The topological polar surface area (TPSA) is 55.5 Å². The van der Waals surface area contributed by atoms with Crippen molar-refractivity contribution in [3.63, 3.8) is 0 Å². The number of hydrogen-bond donors (Lipinski definition) is 2. The average Bonchev–Trinajstić information content (AvgIpc) is 2.36. The first-order chi connectivity index (χ1) is 8.64. The molecule has 0 saturated carbocycles. The van der Waals surface area contributed by atoms with Gasteiger partial charge in [-0.05, 0) is 36.7 Å². The van der Waals surface area contributed by atoms with Crippen LogP contribution in [-0.4, -0.2) is 21.4 Å². The van der Waals surface area contributed by atoms with Crippen molar-refractivity contribution in [3.8, 4) is 5.75 Å². The van der Waals surface area contributed by atoms with E-state index >= 15 is 0 Å². The van der Waals surface area contributed by atoms with E-state index in [4.69, 9.17) is 10.5 Å². The number of hydrogen-bond acceptors (Lipinski definition) is 3. The van der Waals surface area contributed by atoms with Gasteiger partial charge in [-0.25, -0.2) is 0 Å². The number of para-hydroxylation sites is 1. The van der Waals surface area contributed by atoms with Crippen LogP contribution in [0.2, 0.25) is 0 Å². The van der Waals surface area contributed by atoms with Crippen molar-refractivity contribution in [2.45, 2.75) is 16.1 Å². The standard InChI is InChI=1S/C14H16INO2/c15-13-10-11(7-9-16)6-8-14(13,17)18-12-4-2-1-3-5-12/h1-6,8,10,13,17H,7,9,16H2. The molecule has 1 aromatic rings. The quantitative estimate of drug-likeness (QED) is 0.494. The van der Waals surface area contributed by atoms with Crippen molar-refractivity contribution in [2.24, 2.45) is 5.73 Å². The van der Waals surface area contributed by atoms with Crippen LogP contribution in [0, 0.1) is 0 Å². The molecule has 0 fully saturated rings. The normalized spacial score (nSPS) is 26.8. The lowest BCUT2D eigenvalue weighted by Gasteiger charge is -2.32. The first-order valence-electron chi connectivity index (χ1n) is 5.84. The molecule has 0 heterocycles. The minimum Gasteiger partial charge on any atom is -0.457 e. The van der Waals surface area contributed by atoms with Crippen molar-refractivity contribution < 1.29 is 9.84 Å². The summed E-state index contributed by atoms with van der Waals surface area (Å²) in [5.74, 6) is -0.637. The molecule has 2 atom stereocenters. The van der Waals surface area contributed by atoms with E-state index < -0.39 is 5.79 Å². The molecule has 4 heteroatoms. The summed E-state index contributed by atoms with van der Waals surface area (Å²) in [5.41, 5.74) is 6.66. The molecule has 18 heavy (non-hydrogen) atoms. The van der Waals surface area contributed by atoms with Crippen molar-refractivity contribution in [1.29, 1.82) is 0 Å². The molecule has 1 aliphatic rings. The maximum Gasteiger partial charge on any atom is 0.243 e. The van der Waals surface area contributed by atoms with Crippen LogP contribution in [0.25, 0.3) is 0 Å². The number of aliphatic hydroxyl groups is 1. The molecule has 0 amide bonds. The predicted octanol–water partition coefficient (Wildman–Crippen LogP) is 2.40. The molecule has 3 N–H and O–H groups in total. The van der Waals surface area contributed by atoms with Gasteiger partial charge in [0.05, 0.1) is 3.92 Å². The summed E-state index contributed by atoms with van der Waals surface area (Å²) in [4.78, 5) is 0. The number of allylic oxidation sites excluding steroid dienone is 1. The highest BCUT2D eigenvalue weighted by molar-refractivity contribution is 14.1. The van der Waals surface area contributed by atoms with Crippen molar-refractivity contribution >= 4 is 22.6 Å². The Labute approximate surface area is 120 Å². The van der Waals surface area contributed by atoms with Gasteiger partial charge >= 0.3 is 0 Å². The molecular formula is C14H16INO2. The molecule has 2 unspecified atom stereocenters. The van der Waals surface area contributed by atoms with Gasteiger partial charge in [-0.3, -0.25) is 0 Å². The second kappa shape index (κ2) is 5.86. The second-order valence-electron chi connectivity index (χ2n) is 4.18. The Bertz CT molecular complexity index is 458. The number of alkyl halides is 1. The summed E-state index contributed by atoms with van der Waals surface area (Å²) >= 11 is 2.17. The van der Waals surface area contributed by atoms with Gasteiger partial charge < -0.3 is 15.6 Å². The molecule has 0 saturated heterocycles. The Morgan fingerprint density at radius 3 is 2.67 bits per heavy atom. The summed E-state index contributed by atoms with van der Waals surface area (Å²) in [6.07, 6.45) is 6.39. The average molecular weight is 357 g/mol. The summed E-state index contributed by atoms with van der Waals surface area (Å²) in [7, 11) is 0. The Hall–Kier alpha value is -0.850. The summed E-state index contributed by atoms with van der Waals surface area (Å²) < 4.78 is 5.53. The van der Waals surface area contributed by atoms with Gasteiger partial charge in [0, 0.05) is 0 Å². The molecule has 3 nitrogen and oxygen atoms in total. The van der Waals surface area contributed by atoms with E-state index in [9.17, 15) is 5.11 Å². The summed E-state index contributed by atoms with van der Waals surface area (Å²) in [5, 5.41) is 10.5. The zero-order valence-corrected chi connectivity index (χ0v) is 12.1. The number of benzene rings is 1. The molecule has 1 aliphatic carbocycles. The molecule has 0 aliphatic heterocycles. The lowest BCUT2D eigenvalue weighted by atomic mass is 10.00. The molecular weight excluding hydrogens is 341 g/mol. The Morgan fingerprint density at radius 1 is 1.33 bits per heavy atom. The fourth-order valence-electron chi connectivity index (χ4n) is 1.78. The third-order valence-corrected chi connectivity index (χ3v) is 4.00. The van der Waals surface area contributed by atoms with E-state index in [2.05, 4.69) is 22.6 Å². The fourth-order valence-corrected chi connectivity index (χ4v) is 2.58.